The molecule has 3 rings (SSSR count). The van der Waals surface area contributed by atoms with Crippen molar-refractivity contribution < 1.29 is 18.4 Å². The summed E-state index contributed by atoms with van der Waals surface area (Å²) >= 11 is 1.21. The number of carbonyl (C=O) groups is 1. The SMILES string of the molecule is COc1ccc(-c2nnc(SCC(=O)N(C)Cc3ccco3)o2)cc1. The lowest BCUT2D eigenvalue weighted by Crippen LogP contribution is -2.27. The fourth-order valence-corrected chi connectivity index (χ4v) is 2.78. The molecule has 0 aliphatic rings. The molecule has 0 spiro atoms. The first-order chi connectivity index (χ1) is 12.2. The first-order valence-corrected chi connectivity index (χ1v) is 8.51. The number of furan rings is 1. The predicted molar refractivity (Wildman–Crippen MR) is 92.2 cm³/mol. The van der Waals surface area contributed by atoms with Crippen molar-refractivity contribution in [3.63, 3.8) is 0 Å². The number of aromatic nitrogens is 2. The molecular formula is C17H17N3O4S. The Kier molecular flexibility index (Phi) is 5.39. The van der Waals surface area contributed by atoms with Gasteiger partial charge in [-0.1, -0.05) is 11.8 Å². The van der Waals surface area contributed by atoms with Crippen LogP contribution in [0.3, 0.4) is 0 Å². The maximum Gasteiger partial charge on any atom is 0.277 e. The number of hydrogen-bond acceptors (Lipinski definition) is 7. The summed E-state index contributed by atoms with van der Waals surface area (Å²) in [5.41, 5.74) is 0.793. The van der Waals surface area contributed by atoms with E-state index in [-0.39, 0.29) is 11.7 Å². The number of carbonyl (C=O) groups excluding carboxylic acids is 1. The highest BCUT2D eigenvalue weighted by Crippen LogP contribution is 2.25. The molecule has 7 nitrogen and oxygen atoms in total. The fourth-order valence-electron chi connectivity index (χ4n) is 2.08. The van der Waals surface area contributed by atoms with Gasteiger partial charge in [-0.05, 0) is 36.4 Å². The highest BCUT2D eigenvalue weighted by atomic mass is 32.2. The maximum absolute atomic E-state index is 12.1. The Bertz CT molecular complexity index is 815. The molecule has 0 fully saturated rings. The second kappa shape index (κ2) is 7.89. The van der Waals surface area contributed by atoms with E-state index in [1.54, 1.807) is 31.4 Å². The number of methoxy groups -OCH3 is 1. The molecule has 130 valence electrons. The zero-order valence-corrected chi connectivity index (χ0v) is 14.7. The van der Waals surface area contributed by atoms with E-state index in [1.165, 1.54) is 11.8 Å². The Morgan fingerprint density at radius 1 is 1.24 bits per heavy atom. The summed E-state index contributed by atoms with van der Waals surface area (Å²) in [5.74, 6) is 2.05. The summed E-state index contributed by atoms with van der Waals surface area (Å²) in [6, 6.07) is 10.9. The normalized spacial score (nSPS) is 10.6. The van der Waals surface area contributed by atoms with Crippen LogP contribution < -0.4 is 4.74 Å². The topological polar surface area (TPSA) is 81.6 Å². The van der Waals surface area contributed by atoms with Gasteiger partial charge in [0.15, 0.2) is 0 Å². The van der Waals surface area contributed by atoms with Crippen LogP contribution in [0, 0.1) is 0 Å². The molecule has 0 saturated heterocycles. The second-order valence-corrected chi connectivity index (χ2v) is 6.15. The third-order valence-corrected chi connectivity index (χ3v) is 4.26. The van der Waals surface area contributed by atoms with Crippen LogP contribution in [-0.4, -0.2) is 40.9 Å². The Labute approximate surface area is 149 Å². The summed E-state index contributed by atoms with van der Waals surface area (Å²) < 4.78 is 15.9. The first-order valence-electron chi connectivity index (χ1n) is 7.53. The van der Waals surface area contributed by atoms with Gasteiger partial charge in [0.2, 0.25) is 11.8 Å². The lowest BCUT2D eigenvalue weighted by Gasteiger charge is -2.14. The Hall–Kier alpha value is -2.74. The standard InChI is InChI=1S/C17H17N3O4S/c1-20(10-14-4-3-9-23-14)15(21)11-25-17-19-18-16(24-17)12-5-7-13(22-2)8-6-12/h3-9H,10-11H2,1-2H3. The van der Waals surface area contributed by atoms with Gasteiger partial charge in [0.1, 0.15) is 11.5 Å². The van der Waals surface area contributed by atoms with E-state index in [2.05, 4.69) is 10.2 Å². The molecular weight excluding hydrogens is 342 g/mol. The summed E-state index contributed by atoms with van der Waals surface area (Å²) in [6.07, 6.45) is 1.58. The number of rotatable bonds is 7. The molecule has 0 aliphatic heterocycles. The van der Waals surface area contributed by atoms with Gasteiger partial charge in [0.05, 0.1) is 25.7 Å². The van der Waals surface area contributed by atoms with E-state index >= 15 is 0 Å². The Morgan fingerprint density at radius 3 is 2.72 bits per heavy atom. The molecule has 1 aromatic carbocycles. The van der Waals surface area contributed by atoms with E-state index in [0.717, 1.165) is 17.1 Å². The Balaban J connectivity index is 1.55. The van der Waals surface area contributed by atoms with Crippen molar-refractivity contribution in [3.05, 3.63) is 48.4 Å². The molecule has 0 aliphatic carbocycles. The predicted octanol–water partition coefficient (Wildman–Crippen LogP) is 3.09. The molecule has 2 heterocycles. The lowest BCUT2D eigenvalue weighted by atomic mass is 10.2. The zero-order valence-electron chi connectivity index (χ0n) is 13.8. The van der Waals surface area contributed by atoms with Gasteiger partial charge in [-0.15, -0.1) is 10.2 Å². The minimum absolute atomic E-state index is 0.0504. The zero-order chi connectivity index (χ0) is 17.6. The van der Waals surface area contributed by atoms with E-state index in [1.807, 2.05) is 30.3 Å². The van der Waals surface area contributed by atoms with Gasteiger partial charge in [0, 0.05) is 12.6 Å². The third kappa shape index (κ3) is 4.42. The van der Waals surface area contributed by atoms with Crippen LogP contribution in [-0.2, 0) is 11.3 Å². The van der Waals surface area contributed by atoms with Crippen LogP contribution in [0.25, 0.3) is 11.5 Å². The minimum Gasteiger partial charge on any atom is -0.497 e. The van der Waals surface area contributed by atoms with Crippen molar-refractivity contribution in [1.82, 2.24) is 15.1 Å². The Morgan fingerprint density at radius 2 is 2.04 bits per heavy atom. The monoisotopic (exact) mass is 359 g/mol. The van der Waals surface area contributed by atoms with Crippen LogP contribution in [0.15, 0.2) is 56.7 Å². The van der Waals surface area contributed by atoms with Crippen molar-refractivity contribution in [1.29, 1.82) is 0 Å². The number of ether oxygens (including phenoxy) is 1. The van der Waals surface area contributed by atoms with Gasteiger partial charge in [-0.3, -0.25) is 4.79 Å². The molecule has 0 radical (unpaired) electrons. The van der Waals surface area contributed by atoms with E-state index in [0.29, 0.717) is 17.7 Å². The summed E-state index contributed by atoms with van der Waals surface area (Å²) in [4.78, 5) is 13.7. The molecule has 0 unspecified atom stereocenters. The van der Waals surface area contributed by atoms with Crippen molar-refractivity contribution in [2.24, 2.45) is 0 Å². The van der Waals surface area contributed by atoms with Crippen LogP contribution in [0.4, 0.5) is 0 Å². The third-order valence-electron chi connectivity index (χ3n) is 3.46. The van der Waals surface area contributed by atoms with Crippen molar-refractivity contribution in [2.75, 3.05) is 19.9 Å². The summed E-state index contributed by atoms with van der Waals surface area (Å²) in [7, 11) is 3.33. The van der Waals surface area contributed by atoms with Crippen LogP contribution >= 0.6 is 11.8 Å². The molecule has 3 aromatic rings. The molecule has 2 aromatic heterocycles. The van der Waals surface area contributed by atoms with Crippen molar-refractivity contribution in [2.45, 2.75) is 11.8 Å². The summed E-state index contributed by atoms with van der Waals surface area (Å²) in [6.45, 7) is 0.424. The van der Waals surface area contributed by atoms with Crippen LogP contribution in [0.1, 0.15) is 5.76 Å². The van der Waals surface area contributed by atoms with Gasteiger partial charge >= 0.3 is 0 Å². The van der Waals surface area contributed by atoms with Gasteiger partial charge < -0.3 is 18.5 Å². The van der Waals surface area contributed by atoms with Gasteiger partial charge in [-0.25, -0.2) is 0 Å². The number of amides is 1. The molecule has 0 N–H and O–H groups in total. The van der Waals surface area contributed by atoms with Gasteiger partial charge in [-0.2, -0.15) is 0 Å². The second-order valence-electron chi connectivity index (χ2n) is 5.22. The average molecular weight is 359 g/mol. The number of benzene rings is 1. The molecule has 0 bridgehead atoms. The van der Waals surface area contributed by atoms with Crippen LogP contribution in [0.2, 0.25) is 0 Å². The smallest absolute Gasteiger partial charge is 0.277 e. The maximum atomic E-state index is 12.1. The van der Waals surface area contributed by atoms with Gasteiger partial charge in [0.25, 0.3) is 5.22 Å². The lowest BCUT2D eigenvalue weighted by molar-refractivity contribution is -0.127. The van der Waals surface area contributed by atoms with Crippen LogP contribution in [0.5, 0.6) is 5.75 Å². The molecule has 0 saturated carbocycles. The van der Waals surface area contributed by atoms with E-state index in [9.17, 15) is 4.79 Å². The van der Waals surface area contributed by atoms with Crippen molar-refractivity contribution in [3.8, 4) is 17.2 Å². The fraction of sp³-hybridized carbons (Fsp3) is 0.235. The first kappa shape index (κ1) is 17.1. The molecule has 0 atom stereocenters. The number of hydrogen-bond donors (Lipinski definition) is 0. The number of thioether (sulfide) groups is 1. The van der Waals surface area contributed by atoms with Crippen molar-refractivity contribution >= 4 is 17.7 Å². The molecule has 8 heteroatoms. The highest BCUT2D eigenvalue weighted by molar-refractivity contribution is 7.99. The molecule has 25 heavy (non-hydrogen) atoms. The average Bonchev–Trinajstić information content (AvgIpc) is 3.31. The number of nitrogens with zero attached hydrogens (tertiary/aromatic N) is 3. The summed E-state index contributed by atoms with van der Waals surface area (Å²) in [5, 5.41) is 8.33. The highest BCUT2D eigenvalue weighted by Gasteiger charge is 2.14. The largest absolute Gasteiger partial charge is 0.497 e. The quantitative estimate of drug-likeness (QED) is 0.600. The van der Waals surface area contributed by atoms with E-state index in [4.69, 9.17) is 13.6 Å². The molecule has 1 amide bonds. The minimum atomic E-state index is -0.0504. The van der Waals surface area contributed by atoms with E-state index < -0.39 is 0 Å².